The summed E-state index contributed by atoms with van der Waals surface area (Å²) in [6.45, 7) is 5.81. The summed E-state index contributed by atoms with van der Waals surface area (Å²) in [4.78, 5) is 23.0. The number of rotatable bonds is 4. The average molecular weight is 350 g/mol. The minimum Gasteiger partial charge on any atom is -0.437 e. The van der Waals surface area contributed by atoms with Crippen LogP contribution in [0.5, 0.6) is 11.6 Å². The predicted octanol–water partition coefficient (Wildman–Crippen LogP) is 3.39. The zero-order chi connectivity index (χ0) is 17.9. The van der Waals surface area contributed by atoms with E-state index < -0.39 is 0 Å². The van der Waals surface area contributed by atoms with Gasteiger partial charge in [-0.1, -0.05) is 0 Å². The number of anilines is 1. The van der Waals surface area contributed by atoms with Gasteiger partial charge in [-0.15, -0.1) is 0 Å². The standard InChI is InChI=1S/C19H22N6O/c1-13-18(25-10-5-15(6-11-25)17-21-8-9-22-17)23-12-24-19(13)26-16-4-3-7-20-14(16)2/h3-4,7-9,12,15H,5-6,10-11H2,1-2H3,(H,21,22). The molecule has 4 heterocycles. The van der Waals surface area contributed by atoms with E-state index in [9.17, 15) is 0 Å². The second-order valence-electron chi connectivity index (χ2n) is 6.55. The number of ether oxygens (including phenoxy) is 1. The summed E-state index contributed by atoms with van der Waals surface area (Å²) in [7, 11) is 0. The van der Waals surface area contributed by atoms with E-state index in [2.05, 4.69) is 29.8 Å². The number of nitrogens with one attached hydrogen (secondary N) is 1. The molecule has 1 saturated heterocycles. The van der Waals surface area contributed by atoms with Crippen molar-refractivity contribution in [2.45, 2.75) is 32.6 Å². The molecule has 0 spiro atoms. The molecule has 3 aromatic rings. The van der Waals surface area contributed by atoms with Gasteiger partial charge >= 0.3 is 0 Å². The maximum atomic E-state index is 6.00. The van der Waals surface area contributed by atoms with Crippen LogP contribution in [0.15, 0.2) is 37.1 Å². The number of nitrogens with zero attached hydrogens (tertiary/aromatic N) is 5. The molecule has 4 rings (SSSR count). The van der Waals surface area contributed by atoms with Crippen molar-refractivity contribution in [2.75, 3.05) is 18.0 Å². The minimum atomic E-state index is 0.483. The van der Waals surface area contributed by atoms with Crippen LogP contribution >= 0.6 is 0 Å². The second kappa shape index (κ2) is 7.11. The van der Waals surface area contributed by atoms with Crippen LogP contribution in [-0.2, 0) is 0 Å². The summed E-state index contributed by atoms with van der Waals surface area (Å²) in [5, 5.41) is 0. The smallest absolute Gasteiger partial charge is 0.227 e. The Morgan fingerprint density at radius 1 is 1.08 bits per heavy atom. The van der Waals surface area contributed by atoms with Crippen molar-refractivity contribution in [3.8, 4) is 11.6 Å². The topological polar surface area (TPSA) is 79.8 Å². The monoisotopic (exact) mass is 350 g/mol. The lowest BCUT2D eigenvalue weighted by Gasteiger charge is -2.32. The van der Waals surface area contributed by atoms with Crippen LogP contribution in [0.2, 0.25) is 0 Å². The molecule has 0 bridgehead atoms. The molecule has 0 aliphatic carbocycles. The van der Waals surface area contributed by atoms with Gasteiger partial charge in [-0.3, -0.25) is 4.98 Å². The number of aryl methyl sites for hydroxylation is 1. The highest BCUT2D eigenvalue weighted by atomic mass is 16.5. The van der Waals surface area contributed by atoms with Crippen molar-refractivity contribution in [2.24, 2.45) is 0 Å². The van der Waals surface area contributed by atoms with Gasteiger partial charge in [0, 0.05) is 37.6 Å². The molecule has 0 aromatic carbocycles. The Kier molecular flexibility index (Phi) is 4.51. The van der Waals surface area contributed by atoms with Crippen LogP contribution in [-0.4, -0.2) is 38.0 Å². The fourth-order valence-corrected chi connectivity index (χ4v) is 3.39. The van der Waals surface area contributed by atoms with Crippen LogP contribution in [0.3, 0.4) is 0 Å². The summed E-state index contributed by atoms with van der Waals surface area (Å²) >= 11 is 0. The lowest BCUT2D eigenvalue weighted by molar-refractivity contribution is 0.448. The first-order valence-corrected chi connectivity index (χ1v) is 8.87. The van der Waals surface area contributed by atoms with Gasteiger partial charge in [-0.25, -0.2) is 15.0 Å². The van der Waals surface area contributed by atoms with E-state index in [1.54, 1.807) is 12.5 Å². The van der Waals surface area contributed by atoms with Gasteiger partial charge in [0.2, 0.25) is 5.88 Å². The average Bonchev–Trinajstić information content (AvgIpc) is 3.20. The second-order valence-corrected chi connectivity index (χ2v) is 6.55. The zero-order valence-electron chi connectivity index (χ0n) is 15.0. The number of aromatic nitrogens is 5. The fraction of sp³-hybridized carbons (Fsp3) is 0.368. The van der Waals surface area contributed by atoms with Gasteiger partial charge in [0.15, 0.2) is 5.75 Å². The molecule has 7 heteroatoms. The number of hydrogen-bond acceptors (Lipinski definition) is 6. The Bertz CT molecular complexity index is 871. The maximum absolute atomic E-state index is 6.00. The molecule has 0 saturated carbocycles. The summed E-state index contributed by atoms with van der Waals surface area (Å²) in [5.74, 6) is 3.81. The molecule has 7 nitrogen and oxygen atoms in total. The summed E-state index contributed by atoms with van der Waals surface area (Å²) in [6.07, 6.45) is 9.13. The van der Waals surface area contributed by atoms with E-state index in [0.29, 0.717) is 11.8 Å². The Morgan fingerprint density at radius 2 is 1.92 bits per heavy atom. The number of H-pyrrole nitrogens is 1. The summed E-state index contributed by atoms with van der Waals surface area (Å²) < 4.78 is 6.00. The number of pyridine rings is 1. The van der Waals surface area contributed by atoms with Crippen LogP contribution in [0.4, 0.5) is 5.82 Å². The summed E-state index contributed by atoms with van der Waals surface area (Å²) in [5.41, 5.74) is 1.79. The Balaban J connectivity index is 1.50. The highest BCUT2D eigenvalue weighted by Gasteiger charge is 2.25. The largest absolute Gasteiger partial charge is 0.437 e. The number of imidazole rings is 1. The van der Waals surface area contributed by atoms with Gasteiger partial charge in [0.05, 0.1) is 11.3 Å². The van der Waals surface area contributed by atoms with E-state index in [0.717, 1.165) is 54.6 Å². The van der Waals surface area contributed by atoms with Gasteiger partial charge in [-0.05, 0) is 38.8 Å². The Morgan fingerprint density at radius 3 is 2.65 bits per heavy atom. The third kappa shape index (κ3) is 3.24. The molecule has 0 atom stereocenters. The molecule has 0 radical (unpaired) electrons. The van der Waals surface area contributed by atoms with Crippen molar-refractivity contribution in [3.63, 3.8) is 0 Å². The first kappa shape index (κ1) is 16.5. The van der Waals surface area contributed by atoms with Gasteiger partial charge in [0.1, 0.15) is 18.0 Å². The molecule has 0 unspecified atom stereocenters. The van der Waals surface area contributed by atoms with Crippen molar-refractivity contribution in [3.05, 3.63) is 54.1 Å². The van der Waals surface area contributed by atoms with Gasteiger partial charge < -0.3 is 14.6 Å². The van der Waals surface area contributed by atoms with Crippen molar-refractivity contribution >= 4 is 5.82 Å². The third-order valence-electron chi connectivity index (χ3n) is 4.88. The van der Waals surface area contributed by atoms with E-state index in [4.69, 9.17) is 4.74 Å². The maximum Gasteiger partial charge on any atom is 0.227 e. The molecular formula is C19H22N6O. The van der Waals surface area contributed by atoms with Crippen LogP contribution in [0.25, 0.3) is 0 Å². The molecule has 134 valence electrons. The van der Waals surface area contributed by atoms with E-state index >= 15 is 0 Å². The van der Waals surface area contributed by atoms with E-state index in [-0.39, 0.29) is 0 Å². The SMILES string of the molecule is Cc1ncccc1Oc1ncnc(N2CCC(c3ncc[nH]3)CC2)c1C. The third-order valence-corrected chi connectivity index (χ3v) is 4.88. The molecule has 1 N–H and O–H groups in total. The number of piperidine rings is 1. The fourth-order valence-electron chi connectivity index (χ4n) is 3.39. The van der Waals surface area contributed by atoms with Crippen LogP contribution in [0, 0.1) is 13.8 Å². The number of hydrogen-bond donors (Lipinski definition) is 1. The van der Waals surface area contributed by atoms with Crippen molar-refractivity contribution < 1.29 is 4.74 Å². The highest BCUT2D eigenvalue weighted by molar-refractivity contribution is 5.51. The predicted molar refractivity (Wildman–Crippen MR) is 98.6 cm³/mol. The molecule has 0 amide bonds. The molecule has 1 fully saturated rings. The van der Waals surface area contributed by atoms with Crippen LogP contribution < -0.4 is 9.64 Å². The summed E-state index contributed by atoms with van der Waals surface area (Å²) in [6, 6.07) is 3.76. The number of aromatic amines is 1. The lowest BCUT2D eigenvalue weighted by atomic mass is 9.96. The van der Waals surface area contributed by atoms with E-state index in [1.807, 2.05) is 38.4 Å². The molecule has 26 heavy (non-hydrogen) atoms. The first-order chi connectivity index (χ1) is 12.7. The van der Waals surface area contributed by atoms with Gasteiger partial charge in [0.25, 0.3) is 0 Å². The van der Waals surface area contributed by atoms with Gasteiger partial charge in [-0.2, -0.15) is 0 Å². The van der Waals surface area contributed by atoms with Crippen molar-refractivity contribution in [1.29, 1.82) is 0 Å². The molecule has 1 aliphatic rings. The molecular weight excluding hydrogens is 328 g/mol. The lowest BCUT2D eigenvalue weighted by Crippen LogP contribution is -2.34. The Hall–Kier alpha value is -2.96. The quantitative estimate of drug-likeness (QED) is 0.777. The molecule has 3 aromatic heterocycles. The minimum absolute atomic E-state index is 0.483. The highest BCUT2D eigenvalue weighted by Crippen LogP contribution is 2.32. The Labute approximate surface area is 152 Å². The zero-order valence-corrected chi connectivity index (χ0v) is 15.0. The molecule has 1 aliphatic heterocycles. The van der Waals surface area contributed by atoms with E-state index in [1.165, 1.54) is 0 Å². The van der Waals surface area contributed by atoms with Crippen molar-refractivity contribution in [1.82, 2.24) is 24.9 Å². The normalized spacial score (nSPS) is 15.2. The van der Waals surface area contributed by atoms with Crippen LogP contribution in [0.1, 0.15) is 35.8 Å². The first-order valence-electron chi connectivity index (χ1n) is 8.87.